The summed E-state index contributed by atoms with van der Waals surface area (Å²) in [5.41, 5.74) is 4.53. The van der Waals surface area contributed by atoms with Crippen LogP contribution in [0, 0.1) is 0 Å². The number of alkyl halides is 3. The van der Waals surface area contributed by atoms with Crippen molar-refractivity contribution in [3.05, 3.63) is 45.1 Å². The topological polar surface area (TPSA) is 79.5 Å². The average molecular weight is 424 g/mol. The number of nitrogens with one attached hydrogen (secondary N) is 3. The summed E-state index contributed by atoms with van der Waals surface area (Å²) in [5, 5.41) is 4.04. The van der Waals surface area contributed by atoms with Crippen LogP contribution in [0.1, 0.15) is 9.67 Å². The van der Waals surface area contributed by atoms with E-state index in [0.29, 0.717) is 9.35 Å². The molecule has 0 bridgehead atoms. The summed E-state index contributed by atoms with van der Waals surface area (Å²) in [6.07, 6.45) is -4.79. The van der Waals surface area contributed by atoms with Crippen LogP contribution in [0.25, 0.3) is 0 Å². The zero-order valence-corrected chi connectivity index (χ0v) is 14.0. The van der Waals surface area contributed by atoms with E-state index in [9.17, 15) is 22.8 Å². The molecule has 24 heavy (non-hydrogen) atoms. The molecule has 11 heteroatoms. The van der Waals surface area contributed by atoms with Gasteiger partial charge in [0.05, 0.1) is 0 Å². The third kappa shape index (κ3) is 5.42. The number of anilines is 1. The van der Waals surface area contributed by atoms with E-state index in [2.05, 4.69) is 36.8 Å². The molecule has 0 aliphatic rings. The molecule has 0 spiro atoms. The summed E-state index contributed by atoms with van der Waals surface area (Å²) in [4.78, 5) is 23.8. The highest BCUT2D eigenvalue weighted by Crippen LogP contribution is 2.24. The van der Waals surface area contributed by atoms with Crippen LogP contribution in [0.3, 0.4) is 0 Å². The van der Waals surface area contributed by atoms with Crippen molar-refractivity contribution in [1.29, 1.82) is 0 Å². The Hall–Kier alpha value is -2.27. The van der Waals surface area contributed by atoms with Crippen LogP contribution in [0.4, 0.5) is 23.7 Å². The predicted octanol–water partition coefficient (Wildman–Crippen LogP) is 3.88. The number of hydrogen-bond donors (Lipinski definition) is 3. The number of halogens is 4. The molecule has 0 radical (unpaired) electrons. The lowest BCUT2D eigenvalue weighted by Gasteiger charge is -2.11. The molecule has 0 aliphatic heterocycles. The van der Waals surface area contributed by atoms with E-state index in [1.807, 2.05) is 0 Å². The molecular formula is C13H9BrF3N3O3S. The van der Waals surface area contributed by atoms with Crippen LogP contribution < -0.4 is 20.9 Å². The fraction of sp³-hybridized carbons (Fsp3) is 0.0769. The molecule has 0 saturated heterocycles. The number of thiophene rings is 1. The summed E-state index contributed by atoms with van der Waals surface area (Å²) >= 11 is 4.37. The SMILES string of the molecule is O=C(NNC(=O)c1sccc1Br)Nc1ccc(OC(F)(F)F)cc1. The minimum atomic E-state index is -4.79. The predicted molar refractivity (Wildman–Crippen MR) is 84.8 cm³/mol. The fourth-order valence-corrected chi connectivity index (χ4v) is 2.97. The first-order valence-electron chi connectivity index (χ1n) is 6.21. The van der Waals surface area contributed by atoms with Gasteiger partial charge in [-0.05, 0) is 51.6 Å². The Labute approximate surface area is 146 Å². The number of ether oxygens (including phenoxy) is 1. The van der Waals surface area contributed by atoms with E-state index >= 15 is 0 Å². The second-order valence-corrected chi connectivity index (χ2v) is 5.97. The molecule has 0 unspecified atom stereocenters. The van der Waals surface area contributed by atoms with E-state index in [1.54, 1.807) is 11.4 Å². The number of rotatable bonds is 3. The lowest BCUT2D eigenvalue weighted by atomic mass is 10.3. The van der Waals surface area contributed by atoms with Gasteiger partial charge in [0, 0.05) is 10.2 Å². The smallest absolute Gasteiger partial charge is 0.406 e. The van der Waals surface area contributed by atoms with Crippen molar-refractivity contribution in [3.63, 3.8) is 0 Å². The lowest BCUT2D eigenvalue weighted by Crippen LogP contribution is -2.43. The number of benzene rings is 1. The van der Waals surface area contributed by atoms with Crippen LogP contribution in [-0.2, 0) is 0 Å². The molecule has 3 amide bonds. The van der Waals surface area contributed by atoms with E-state index in [-0.39, 0.29) is 5.69 Å². The Kier molecular flexibility index (Phi) is 5.67. The van der Waals surface area contributed by atoms with Gasteiger partial charge < -0.3 is 10.1 Å². The van der Waals surface area contributed by atoms with Crippen molar-refractivity contribution in [2.75, 3.05) is 5.32 Å². The maximum Gasteiger partial charge on any atom is 0.573 e. The first-order chi connectivity index (χ1) is 11.2. The molecule has 1 heterocycles. The maximum absolute atomic E-state index is 12.0. The Morgan fingerprint density at radius 2 is 1.75 bits per heavy atom. The van der Waals surface area contributed by atoms with Crippen LogP contribution in [0.5, 0.6) is 5.75 Å². The molecule has 2 rings (SSSR count). The molecular weight excluding hydrogens is 415 g/mol. The molecule has 0 aliphatic carbocycles. The number of amides is 3. The zero-order valence-electron chi connectivity index (χ0n) is 11.6. The first-order valence-corrected chi connectivity index (χ1v) is 7.88. The summed E-state index contributed by atoms with van der Waals surface area (Å²) in [5.74, 6) is -0.926. The number of carbonyl (C=O) groups excluding carboxylic acids is 2. The van der Waals surface area contributed by atoms with E-state index in [1.165, 1.54) is 23.5 Å². The minimum Gasteiger partial charge on any atom is -0.406 e. The minimum absolute atomic E-state index is 0.216. The van der Waals surface area contributed by atoms with Gasteiger partial charge in [-0.1, -0.05) is 0 Å². The molecule has 1 aromatic carbocycles. The lowest BCUT2D eigenvalue weighted by molar-refractivity contribution is -0.274. The Morgan fingerprint density at radius 3 is 2.29 bits per heavy atom. The van der Waals surface area contributed by atoms with Gasteiger partial charge in [0.15, 0.2) is 0 Å². The van der Waals surface area contributed by atoms with Gasteiger partial charge in [-0.25, -0.2) is 10.2 Å². The molecule has 3 N–H and O–H groups in total. The molecule has 2 aromatic rings. The summed E-state index contributed by atoms with van der Waals surface area (Å²) in [6, 6.07) is 5.45. The summed E-state index contributed by atoms with van der Waals surface area (Å²) in [7, 11) is 0. The van der Waals surface area contributed by atoms with Crippen molar-refractivity contribution in [1.82, 2.24) is 10.9 Å². The van der Waals surface area contributed by atoms with E-state index in [4.69, 9.17) is 0 Å². The highest BCUT2D eigenvalue weighted by atomic mass is 79.9. The number of hydrogen-bond acceptors (Lipinski definition) is 4. The monoisotopic (exact) mass is 423 g/mol. The van der Waals surface area contributed by atoms with Crippen molar-refractivity contribution in [2.24, 2.45) is 0 Å². The van der Waals surface area contributed by atoms with E-state index in [0.717, 1.165) is 12.1 Å². The van der Waals surface area contributed by atoms with Crippen molar-refractivity contribution in [2.45, 2.75) is 6.36 Å². The zero-order chi connectivity index (χ0) is 17.7. The van der Waals surface area contributed by atoms with Gasteiger partial charge in [0.25, 0.3) is 5.91 Å². The van der Waals surface area contributed by atoms with Gasteiger partial charge in [0.1, 0.15) is 10.6 Å². The molecule has 0 atom stereocenters. The van der Waals surface area contributed by atoms with Crippen molar-refractivity contribution in [3.8, 4) is 5.75 Å². The van der Waals surface area contributed by atoms with Gasteiger partial charge >= 0.3 is 12.4 Å². The Bertz CT molecular complexity index is 734. The number of hydrazine groups is 1. The molecule has 1 aromatic heterocycles. The van der Waals surface area contributed by atoms with Gasteiger partial charge in [0.2, 0.25) is 0 Å². The Balaban J connectivity index is 1.84. The van der Waals surface area contributed by atoms with Gasteiger partial charge in [-0.2, -0.15) is 0 Å². The van der Waals surface area contributed by atoms with Crippen LogP contribution in [-0.4, -0.2) is 18.3 Å². The highest BCUT2D eigenvalue weighted by molar-refractivity contribution is 9.10. The normalized spacial score (nSPS) is 10.8. The largest absolute Gasteiger partial charge is 0.573 e. The molecule has 0 fully saturated rings. The van der Waals surface area contributed by atoms with Crippen LogP contribution in [0.15, 0.2) is 40.2 Å². The fourth-order valence-electron chi connectivity index (χ4n) is 1.53. The first kappa shape index (κ1) is 18.1. The third-order valence-corrected chi connectivity index (χ3v) is 4.30. The molecule has 128 valence electrons. The van der Waals surface area contributed by atoms with E-state index < -0.39 is 24.1 Å². The Morgan fingerprint density at radius 1 is 1.08 bits per heavy atom. The second kappa shape index (κ2) is 7.53. The third-order valence-electron chi connectivity index (χ3n) is 2.46. The van der Waals surface area contributed by atoms with Crippen molar-refractivity contribution < 1.29 is 27.5 Å². The van der Waals surface area contributed by atoms with Gasteiger partial charge in [-0.3, -0.25) is 10.2 Å². The maximum atomic E-state index is 12.0. The summed E-state index contributed by atoms with van der Waals surface area (Å²) < 4.78 is 40.4. The van der Waals surface area contributed by atoms with Crippen LogP contribution in [0.2, 0.25) is 0 Å². The molecule has 6 nitrogen and oxygen atoms in total. The van der Waals surface area contributed by atoms with Gasteiger partial charge in [-0.15, -0.1) is 24.5 Å². The van der Waals surface area contributed by atoms with Crippen LogP contribution >= 0.6 is 27.3 Å². The standard InChI is InChI=1S/C13H9BrF3N3O3S/c14-9-5-6-24-10(9)11(21)19-20-12(22)18-7-1-3-8(4-2-7)23-13(15,16)17/h1-6H,(H,19,21)(H2,18,20,22). The summed E-state index contributed by atoms with van der Waals surface area (Å²) in [6.45, 7) is 0. The average Bonchev–Trinajstić information content (AvgIpc) is 2.91. The number of urea groups is 1. The number of carbonyl (C=O) groups is 2. The quantitative estimate of drug-likeness (QED) is 0.655. The molecule has 0 saturated carbocycles. The highest BCUT2D eigenvalue weighted by Gasteiger charge is 2.30. The second-order valence-electron chi connectivity index (χ2n) is 4.20. The van der Waals surface area contributed by atoms with Crippen molar-refractivity contribution >= 4 is 44.9 Å².